The zero-order valence-electron chi connectivity index (χ0n) is 8.79. The van der Waals surface area contributed by atoms with E-state index in [1.807, 2.05) is 0 Å². The Labute approximate surface area is 91.5 Å². The van der Waals surface area contributed by atoms with Gasteiger partial charge >= 0.3 is 12.3 Å². The van der Waals surface area contributed by atoms with E-state index in [1.165, 1.54) is 11.3 Å². The molecule has 2 atom stereocenters. The zero-order chi connectivity index (χ0) is 11.8. The molecule has 2 aliphatic rings. The summed E-state index contributed by atoms with van der Waals surface area (Å²) in [7, 11) is 0. The van der Waals surface area contributed by atoms with Crippen molar-refractivity contribution in [2.75, 3.05) is 19.7 Å². The monoisotopic (exact) mass is 237 g/mol. The lowest BCUT2D eigenvalue weighted by atomic mass is 10.0. The summed E-state index contributed by atoms with van der Waals surface area (Å²) in [6, 6.07) is 0. The molecule has 1 aliphatic heterocycles. The molecular weight excluding hydrogens is 223 g/mol. The molecule has 2 rings (SSSR count). The Morgan fingerprint density at radius 3 is 2.31 bits per heavy atom. The number of carbonyl (C=O) groups is 1. The van der Waals surface area contributed by atoms with Crippen LogP contribution in [0.5, 0.6) is 0 Å². The number of amides is 1. The lowest BCUT2D eigenvalue weighted by Gasteiger charge is -2.17. The number of carbonyl (C=O) groups excluding carboxylic acids is 1. The first kappa shape index (κ1) is 11.5. The summed E-state index contributed by atoms with van der Waals surface area (Å²) in [6.07, 6.45) is -1.94. The average molecular weight is 237 g/mol. The maximum absolute atomic E-state index is 11.8. The number of fused-ring (bicyclic) bond motifs is 1. The van der Waals surface area contributed by atoms with E-state index in [-0.39, 0.29) is 0 Å². The SMILES string of the molecule is O=C(OCC(F)(F)F)N1C[C@H]2CCC[C@H]2C1. The molecule has 2 fully saturated rings. The second-order valence-corrected chi connectivity index (χ2v) is 4.53. The summed E-state index contributed by atoms with van der Waals surface area (Å²) < 4.78 is 39.7. The van der Waals surface area contributed by atoms with Gasteiger partial charge in [-0.05, 0) is 24.7 Å². The number of nitrogens with zero attached hydrogens (tertiary/aromatic N) is 1. The molecule has 0 bridgehead atoms. The van der Waals surface area contributed by atoms with Crippen molar-refractivity contribution in [3.05, 3.63) is 0 Å². The van der Waals surface area contributed by atoms with Gasteiger partial charge in [-0.3, -0.25) is 0 Å². The second-order valence-electron chi connectivity index (χ2n) is 4.53. The molecule has 0 radical (unpaired) electrons. The molecule has 0 N–H and O–H groups in total. The summed E-state index contributed by atoms with van der Waals surface area (Å²) >= 11 is 0. The minimum absolute atomic E-state index is 0.471. The minimum Gasteiger partial charge on any atom is -0.440 e. The Morgan fingerprint density at radius 2 is 1.81 bits per heavy atom. The van der Waals surface area contributed by atoms with Crippen LogP contribution < -0.4 is 0 Å². The molecular formula is C10H14F3NO2. The van der Waals surface area contributed by atoms with Crippen LogP contribution in [0.1, 0.15) is 19.3 Å². The van der Waals surface area contributed by atoms with Crippen LogP contribution in [0.25, 0.3) is 0 Å². The van der Waals surface area contributed by atoms with Gasteiger partial charge in [-0.15, -0.1) is 0 Å². The smallest absolute Gasteiger partial charge is 0.422 e. The van der Waals surface area contributed by atoms with E-state index in [1.54, 1.807) is 0 Å². The second kappa shape index (κ2) is 4.14. The normalized spacial score (nSPS) is 29.3. The van der Waals surface area contributed by atoms with Gasteiger partial charge in [0.2, 0.25) is 0 Å². The lowest BCUT2D eigenvalue weighted by Crippen LogP contribution is -2.33. The van der Waals surface area contributed by atoms with Gasteiger partial charge in [-0.1, -0.05) is 6.42 Å². The largest absolute Gasteiger partial charge is 0.440 e. The summed E-state index contributed by atoms with van der Waals surface area (Å²) in [4.78, 5) is 12.7. The van der Waals surface area contributed by atoms with E-state index in [9.17, 15) is 18.0 Å². The van der Waals surface area contributed by atoms with E-state index >= 15 is 0 Å². The number of ether oxygens (including phenoxy) is 1. The van der Waals surface area contributed by atoms with Gasteiger partial charge in [-0.25, -0.2) is 4.79 Å². The van der Waals surface area contributed by atoms with Crippen molar-refractivity contribution >= 4 is 6.09 Å². The van der Waals surface area contributed by atoms with Crippen LogP contribution in [-0.4, -0.2) is 36.9 Å². The van der Waals surface area contributed by atoms with Crippen molar-refractivity contribution in [2.45, 2.75) is 25.4 Å². The molecule has 1 aliphatic carbocycles. The fourth-order valence-corrected chi connectivity index (χ4v) is 2.62. The molecule has 1 amide bonds. The first-order valence-corrected chi connectivity index (χ1v) is 5.44. The molecule has 6 heteroatoms. The van der Waals surface area contributed by atoms with Crippen LogP contribution in [0.15, 0.2) is 0 Å². The predicted molar refractivity (Wildman–Crippen MR) is 49.8 cm³/mol. The van der Waals surface area contributed by atoms with E-state index in [0.29, 0.717) is 24.9 Å². The molecule has 1 heterocycles. The van der Waals surface area contributed by atoms with Crippen molar-refractivity contribution in [1.82, 2.24) is 4.90 Å². The van der Waals surface area contributed by atoms with E-state index < -0.39 is 18.9 Å². The standard InChI is InChI=1S/C10H14F3NO2/c11-10(12,13)6-16-9(15)14-4-7-2-1-3-8(7)5-14/h7-8H,1-6H2/t7-,8+. The number of hydrogen-bond acceptors (Lipinski definition) is 2. The Balaban J connectivity index is 1.79. The highest BCUT2D eigenvalue weighted by Gasteiger charge is 2.39. The van der Waals surface area contributed by atoms with Crippen LogP contribution in [0, 0.1) is 11.8 Å². The van der Waals surface area contributed by atoms with Gasteiger partial charge in [0.1, 0.15) is 0 Å². The van der Waals surface area contributed by atoms with Gasteiger partial charge in [0.05, 0.1) is 0 Å². The van der Waals surface area contributed by atoms with Crippen molar-refractivity contribution < 1.29 is 22.7 Å². The quantitative estimate of drug-likeness (QED) is 0.701. The molecule has 1 saturated heterocycles. The molecule has 1 saturated carbocycles. The Hall–Kier alpha value is -0.940. The Morgan fingerprint density at radius 1 is 1.25 bits per heavy atom. The summed E-state index contributed by atoms with van der Waals surface area (Å²) in [6.45, 7) is -0.375. The third-order valence-electron chi connectivity index (χ3n) is 3.34. The molecule has 0 aromatic carbocycles. The number of rotatable bonds is 1. The highest BCUT2D eigenvalue weighted by atomic mass is 19.4. The molecule has 92 valence electrons. The molecule has 0 unspecified atom stereocenters. The minimum atomic E-state index is -4.44. The third-order valence-corrected chi connectivity index (χ3v) is 3.34. The Kier molecular flexibility index (Phi) is 2.99. The van der Waals surface area contributed by atoms with E-state index in [0.717, 1.165) is 12.8 Å². The highest BCUT2D eigenvalue weighted by molar-refractivity contribution is 5.68. The first-order valence-electron chi connectivity index (χ1n) is 5.44. The summed E-state index contributed by atoms with van der Waals surface area (Å²) in [5.41, 5.74) is 0. The zero-order valence-corrected chi connectivity index (χ0v) is 8.79. The van der Waals surface area contributed by atoms with Gasteiger partial charge in [0.15, 0.2) is 6.61 Å². The van der Waals surface area contributed by atoms with Crippen molar-refractivity contribution in [1.29, 1.82) is 0 Å². The Bertz CT molecular complexity index is 268. The van der Waals surface area contributed by atoms with Crippen LogP contribution >= 0.6 is 0 Å². The lowest BCUT2D eigenvalue weighted by molar-refractivity contribution is -0.162. The molecule has 0 aromatic heterocycles. The fraction of sp³-hybridized carbons (Fsp3) is 0.900. The van der Waals surface area contributed by atoms with Crippen LogP contribution in [-0.2, 0) is 4.74 Å². The number of alkyl halides is 3. The number of hydrogen-bond donors (Lipinski definition) is 0. The van der Waals surface area contributed by atoms with Crippen molar-refractivity contribution in [3.63, 3.8) is 0 Å². The average Bonchev–Trinajstić information content (AvgIpc) is 2.71. The fourth-order valence-electron chi connectivity index (χ4n) is 2.62. The van der Waals surface area contributed by atoms with E-state index in [2.05, 4.69) is 4.74 Å². The maximum Gasteiger partial charge on any atom is 0.422 e. The van der Waals surface area contributed by atoms with Gasteiger partial charge < -0.3 is 9.64 Å². The summed E-state index contributed by atoms with van der Waals surface area (Å²) in [5, 5.41) is 0. The number of likely N-dealkylation sites (tertiary alicyclic amines) is 1. The molecule has 0 aromatic rings. The highest BCUT2D eigenvalue weighted by Crippen LogP contribution is 2.37. The third kappa shape index (κ3) is 2.59. The van der Waals surface area contributed by atoms with Crippen LogP contribution in [0.3, 0.4) is 0 Å². The van der Waals surface area contributed by atoms with E-state index in [4.69, 9.17) is 0 Å². The van der Waals surface area contributed by atoms with Crippen molar-refractivity contribution in [2.24, 2.45) is 11.8 Å². The van der Waals surface area contributed by atoms with Gasteiger partial charge in [-0.2, -0.15) is 13.2 Å². The van der Waals surface area contributed by atoms with Crippen LogP contribution in [0.2, 0.25) is 0 Å². The number of halogens is 3. The predicted octanol–water partition coefficient (Wildman–Crippen LogP) is 2.42. The van der Waals surface area contributed by atoms with Gasteiger partial charge in [0.25, 0.3) is 0 Å². The topological polar surface area (TPSA) is 29.5 Å². The molecule has 0 spiro atoms. The van der Waals surface area contributed by atoms with Crippen LogP contribution in [0.4, 0.5) is 18.0 Å². The molecule has 3 nitrogen and oxygen atoms in total. The van der Waals surface area contributed by atoms with Crippen molar-refractivity contribution in [3.8, 4) is 0 Å². The van der Waals surface area contributed by atoms with Gasteiger partial charge in [0, 0.05) is 13.1 Å². The summed E-state index contributed by atoms with van der Waals surface area (Å²) in [5.74, 6) is 0.942. The molecule has 16 heavy (non-hydrogen) atoms. The maximum atomic E-state index is 11.8. The first-order chi connectivity index (χ1) is 7.46.